The van der Waals surface area contributed by atoms with Crippen molar-refractivity contribution >= 4 is 15.9 Å². The number of halogens is 1. The lowest BCUT2D eigenvalue weighted by Gasteiger charge is -2.14. The molecule has 0 aliphatic rings. The van der Waals surface area contributed by atoms with Crippen molar-refractivity contribution in [3.63, 3.8) is 0 Å². The zero-order valence-corrected chi connectivity index (χ0v) is 12.7. The minimum atomic E-state index is 0.181. The van der Waals surface area contributed by atoms with Crippen molar-refractivity contribution in [1.29, 1.82) is 0 Å². The van der Waals surface area contributed by atoms with E-state index in [9.17, 15) is 0 Å². The normalized spacial score (nSPS) is 12.4. The summed E-state index contributed by atoms with van der Waals surface area (Å²) in [7, 11) is 1.65. The molecule has 2 rings (SSSR count). The van der Waals surface area contributed by atoms with E-state index in [-0.39, 0.29) is 6.04 Å². The van der Waals surface area contributed by atoms with E-state index >= 15 is 0 Å². The third kappa shape index (κ3) is 3.54. The van der Waals surface area contributed by atoms with Gasteiger partial charge in [0.05, 0.1) is 18.1 Å². The van der Waals surface area contributed by atoms with Crippen LogP contribution in [0.25, 0.3) is 0 Å². The first-order valence-corrected chi connectivity index (χ1v) is 6.75. The molecule has 1 atom stereocenters. The van der Waals surface area contributed by atoms with Crippen LogP contribution < -0.4 is 10.1 Å². The molecule has 5 nitrogen and oxygen atoms in total. The van der Waals surface area contributed by atoms with Crippen LogP contribution in [-0.2, 0) is 6.54 Å². The standard InChI is InChI=1S/C13H16BrN3O2/c1-8(15-7-13-16-9(2)19-17-13)10-4-5-12(18-3)11(14)6-10/h4-6,8,15H,7H2,1-3H3. The van der Waals surface area contributed by atoms with Gasteiger partial charge in [0.15, 0.2) is 5.82 Å². The van der Waals surface area contributed by atoms with Gasteiger partial charge in [-0.1, -0.05) is 11.2 Å². The van der Waals surface area contributed by atoms with Gasteiger partial charge in [0.1, 0.15) is 5.75 Å². The average Bonchev–Trinajstić information content (AvgIpc) is 2.81. The monoisotopic (exact) mass is 325 g/mol. The van der Waals surface area contributed by atoms with Gasteiger partial charge in [-0.25, -0.2) is 0 Å². The molecule has 1 N–H and O–H groups in total. The molecule has 0 radical (unpaired) electrons. The quantitative estimate of drug-likeness (QED) is 0.915. The van der Waals surface area contributed by atoms with Crippen LogP contribution in [0.3, 0.4) is 0 Å². The zero-order chi connectivity index (χ0) is 13.8. The van der Waals surface area contributed by atoms with Crippen LogP contribution in [0, 0.1) is 6.92 Å². The number of aryl methyl sites for hydroxylation is 1. The Bertz CT molecular complexity index is 557. The molecule has 0 bridgehead atoms. The van der Waals surface area contributed by atoms with Crippen molar-refractivity contribution in [2.75, 3.05) is 7.11 Å². The number of aromatic nitrogens is 2. The number of nitrogens with one attached hydrogen (secondary N) is 1. The number of rotatable bonds is 5. The molecule has 6 heteroatoms. The molecule has 1 heterocycles. The van der Waals surface area contributed by atoms with Crippen LogP contribution >= 0.6 is 15.9 Å². The van der Waals surface area contributed by atoms with Gasteiger partial charge in [-0.3, -0.25) is 0 Å². The predicted octanol–water partition coefficient (Wildman–Crippen LogP) is 3.00. The number of benzene rings is 1. The van der Waals surface area contributed by atoms with Crippen molar-refractivity contribution in [2.24, 2.45) is 0 Å². The molecule has 2 aromatic rings. The highest BCUT2D eigenvalue weighted by molar-refractivity contribution is 9.10. The third-order valence-electron chi connectivity index (χ3n) is 2.81. The summed E-state index contributed by atoms with van der Waals surface area (Å²) < 4.78 is 11.1. The Hall–Kier alpha value is -1.40. The largest absolute Gasteiger partial charge is 0.496 e. The van der Waals surface area contributed by atoms with E-state index in [0.717, 1.165) is 15.8 Å². The molecule has 1 aromatic heterocycles. The van der Waals surface area contributed by atoms with Crippen molar-refractivity contribution in [3.8, 4) is 5.75 Å². The molecular weight excluding hydrogens is 310 g/mol. The fourth-order valence-electron chi connectivity index (χ4n) is 1.73. The molecule has 0 fully saturated rings. The minimum absolute atomic E-state index is 0.181. The summed E-state index contributed by atoms with van der Waals surface area (Å²) in [5.41, 5.74) is 1.16. The summed E-state index contributed by atoms with van der Waals surface area (Å²) in [5.74, 6) is 2.07. The van der Waals surface area contributed by atoms with E-state index in [1.54, 1.807) is 14.0 Å². The smallest absolute Gasteiger partial charge is 0.223 e. The van der Waals surface area contributed by atoms with Crippen LogP contribution in [-0.4, -0.2) is 17.3 Å². The lowest BCUT2D eigenvalue weighted by Crippen LogP contribution is -2.18. The summed E-state index contributed by atoms with van der Waals surface area (Å²) in [6, 6.07) is 6.19. The Labute approximate surface area is 120 Å². The second-order valence-corrected chi connectivity index (χ2v) is 5.08. The van der Waals surface area contributed by atoms with Crippen molar-refractivity contribution in [1.82, 2.24) is 15.5 Å². The van der Waals surface area contributed by atoms with E-state index in [1.165, 1.54) is 0 Å². The van der Waals surface area contributed by atoms with Crippen LogP contribution in [0.5, 0.6) is 5.75 Å². The number of nitrogens with zero attached hydrogens (tertiary/aromatic N) is 2. The van der Waals surface area contributed by atoms with Gasteiger partial charge in [-0.15, -0.1) is 0 Å². The van der Waals surface area contributed by atoms with Crippen molar-refractivity contribution in [2.45, 2.75) is 26.4 Å². The maximum Gasteiger partial charge on any atom is 0.223 e. The average molecular weight is 326 g/mol. The van der Waals surface area contributed by atoms with Crippen molar-refractivity contribution in [3.05, 3.63) is 40.0 Å². The SMILES string of the molecule is COc1ccc(C(C)NCc2noc(C)n2)cc1Br. The first-order chi connectivity index (χ1) is 9.10. The molecule has 0 aliphatic heterocycles. The topological polar surface area (TPSA) is 60.2 Å². The summed E-state index contributed by atoms with van der Waals surface area (Å²) in [6.45, 7) is 4.43. The highest BCUT2D eigenvalue weighted by Crippen LogP contribution is 2.27. The number of hydrogen-bond donors (Lipinski definition) is 1. The van der Waals surface area contributed by atoms with E-state index < -0.39 is 0 Å². The molecule has 0 amide bonds. The number of ether oxygens (including phenoxy) is 1. The Morgan fingerprint density at radius 1 is 1.47 bits per heavy atom. The van der Waals surface area contributed by atoms with Gasteiger partial charge in [0, 0.05) is 13.0 Å². The van der Waals surface area contributed by atoms with E-state index in [2.05, 4.69) is 38.3 Å². The Kier molecular flexibility index (Phi) is 4.55. The highest BCUT2D eigenvalue weighted by Gasteiger charge is 2.09. The molecule has 19 heavy (non-hydrogen) atoms. The summed E-state index contributed by atoms with van der Waals surface area (Å²) in [6.07, 6.45) is 0. The van der Waals surface area contributed by atoms with Gasteiger partial charge in [-0.2, -0.15) is 4.98 Å². The summed E-state index contributed by atoms with van der Waals surface area (Å²) in [5, 5.41) is 7.20. The second-order valence-electron chi connectivity index (χ2n) is 4.23. The van der Waals surface area contributed by atoms with Gasteiger partial charge >= 0.3 is 0 Å². The first kappa shape index (κ1) is 14.0. The molecular formula is C13H16BrN3O2. The molecule has 0 spiro atoms. The van der Waals surface area contributed by atoms with E-state index in [0.29, 0.717) is 18.3 Å². The van der Waals surface area contributed by atoms with Crippen LogP contribution in [0.15, 0.2) is 27.2 Å². The molecule has 1 aromatic carbocycles. The lowest BCUT2D eigenvalue weighted by molar-refractivity contribution is 0.384. The van der Waals surface area contributed by atoms with Crippen molar-refractivity contribution < 1.29 is 9.26 Å². The van der Waals surface area contributed by atoms with Crippen LogP contribution in [0.2, 0.25) is 0 Å². The van der Waals surface area contributed by atoms with E-state index in [4.69, 9.17) is 9.26 Å². The third-order valence-corrected chi connectivity index (χ3v) is 3.43. The first-order valence-electron chi connectivity index (χ1n) is 5.96. The maximum atomic E-state index is 5.21. The Balaban J connectivity index is 1.99. The summed E-state index contributed by atoms with van der Waals surface area (Å²) in [4.78, 5) is 4.15. The molecule has 102 valence electrons. The fourth-order valence-corrected chi connectivity index (χ4v) is 2.29. The van der Waals surface area contributed by atoms with Crippen LogP contribution in [0.1, 0.15) is 30.2 Å². The van der Waals surface area contributed by atoms with E-state index in [1.807, 2.05) is 18.2 Å². The second kappa shape index (κ2) is 6.16. The molecule has 0 aliphatic carbocycles. The maximum absolute atomic E-state index is 5.21. The molecule has 0 saturated carbocycles. The van der Waals surface area contributed by atoms with Crippen LogP contribution in [0.4, 0.5) is 0 Å². The zero-order valence-electron chi connectivity index (χ0n) is 11.1. The lowest BCUT2D eigenvalue weighted by atomic mass is 10.1. The van der Waals surface area contributed by atoms with Gasteiger partial charge < -0.3 is 14.6 Å². The molecule has 0 saturated heterocycles. The van der Waals surface area contributed by atoms with Gasteiger partial charge in [0.25, 0.3) is 0 Å². The fraction of sp³-hybridized carbons (Fsp3) is 0.385. The highest BCUT2D eigenvalue weighted by atomic mass is 79.9. The summed E-state index contributed by atoms with van der Waals surface area (Å²) >= 11 is 3.48. The van der Waals surface area contributed by atoms with Gasteiger partial charge in [-0.05, 0) is 40.5 Å². The minimum Gasteiger partial charge on any atom is -0.496 e. The number of hydrogen-bond acceptors (Lipinski definition) is 5. The predicted molar refractivity (Wildman–Crippen MR) is 75.0 cm³/mol. The molecule has 1 unspecified atom stereocenters. The number of methoxy groups -OCH3 is 1. The Morgan fingerprint density at radius 2 is 2.26 bits per heavy atom. The van der Waals surface area contributed by atoms with Gasteiger partial charge in [0.2, 0.25) is 5.89 Å². The Morgan fingerprint density at radius 3 is 2.84 bits per heavy atom.